The Morgan fingerprint density at radius 1 is 1.50 bits per heavy atom. The summed E-state index contributed by atoms with van der Waals surface area (Å²) in [5.74, 6) is -0.305. The first-order valence-corrected chi connectivity index (χ1v) is 7.23. The summed E-state index contributed by atoms with van der Waals surface area (Å²) >= 11 is 1.55. The summed E-state index contributed by atoms with van der Waals surface area (Å²) in [5, 5.41) is 11.6. The molecule has 18 heavy (non-hydrogen) atoms. The van der Waals surface area contributed by atoms with Gasteiger partial charge in [-0.3, -0.25) is 0 Å². The van der Waals surface area contributed by atoms with Gasteiger partial charge in [0.25, 0.3) is 0 Å². The summed E-state index contributed by atoms with van der Waals surface area (Å²) in [6, 6.07) is -1.20. The van der Waals surface area contributed by atoms with Crippen LogP contribution < -0.4 is 5.32 Å². The zero-order valence-corrected chi connectivity index (χ0v) is 12.0. The van der Waals surface area contributed by atoms with Crippen molar-refractivity contribution in [2.75, 3.05) is 18.6 Å². The molecule has 1 atom stereocenters. The van der Waals surface area contributed by atoms with Gasteiger partial charge in [-0.05, 0) is 32.3 Å². The standard InChI is InChI=1S/C12H22N2O3S/c1-5-7-14(9(2)3)12(17)13-10(11(15)16)6-8-18-4/h5,9-10H,1,6-8H2,2-4H3,(H,13,17)(H,15,16)/t10-/m1/s1. The van der Waals surface area contributed by atoms with Crippen LogP contribution in [-0.4, -0.2) is 52.6 Å². The molecule has 0 aromatic heterocycles. The van der Waals surface area contributed by atoms with Gasteiger partial charge in [0.05, 0.1) is 0 Å². The van der Waals surface area contributed by atoms with Gasteiger partial charge in [-0.2, -0.15) is 11.8 Å². The number of amides is 2. The largest absolute Gasteiger partial charge is 0.480 e. The Morgan fingerprint density at radius 3 is 2.50 bits per heavy atom. The maximum Gasteiger partial charge on any atom is 0.326 e. The molecule has 0 radical (unpaired) electrons. The Balaban J connectivity index is 4.54. The molecule has 0 saturated heterocycles. The molecule has 0 aliphatic rings. The molecule has 104 valence electrons. The van der Waals surface area contributed by atoms with E-state index in [0.717, 1.165) is 0 Å². The summed E-state index contributed by atoms with van der Waals surface area (Å²) < 4.78 is 0. The third kappa shape index (κ3) is 5.95. The second-order valence-corrected chi connectivity index (χ2v) is 5.14. The Labute approximate surface area is 113 Å². The number of rotatable bonds is 8. The second-order valence-electron chi connectivity index (χ2n) is 4.16. The van der Waals surface area contributed by atoms with Crippen molar-refractivity contribution in [3.05, 3.63) is 12.7 Å². The fraction of sp³-hybridized carbons (Fsp3) is 0.667. The van der Waals surface area contributed by atoms with Crippen LogP contribution in [0.15, 0.2) is 12.7 Å². The first-order chi connectivity index (χ1) is 8.43. The summed E-state index contributed by atoms with van der Waals surface area (Å²) in [4.78, 5) is 24.5. The summed E-state index contributed by atoms with van der Waals surface area (Å²) in [6.07, 6.45) is 3.94. The highest BCUT2D eigenvalue weighted by Crippen LogP contribution is 2.04. The molecule has 0 unspecified atom stereocenters. The minimum atomic E-state index is -1.00. The number of hydrogen-bond acceptors (Lipinski definition) is 3. The molecule has 0 rings (SSSR count). The van der Waals surface area contributed by atoms with Gasteiger partial charge in [0.1, 0.15) is 6.04 Å². The average molecular weight is 274 g/mol. The van der Waals surface area contributed by atoms with E-state index < -0.39 is 12.0 Å². The van der Waals surface area contributed by atoms with Gasteiger partial charge in [-0.25, -0.2) is 9.59 Å². The highest BCUT2D eigenvalue weighted by atomic mass is 32.2. The molecule has 0 aliphatic carbocycles. The first-order valence-electron chi connectivity index (χ1n) is 5.83. The predicted molar refractivity (Wildman–Crippen MR) is 75.0 cm³/mol. The molecule has 2 N–H and O–H groups in total. The predicted octanol–water partition coefficient (Wildman–Crippen LogP) is 1.80. The van der Waals surface area contributed by atoms with Crippen LogP contribution >= 0.6 is 11.8 Å². The van der Waals surface area contributed by atoms with Crippen LogP contribution in [0.3, 0.4) is 0 Å². The maximum absolute atomic E-state index is 11.9. The normalized spacial score (nSPS) is 12.0. The minimum absolute atomic E-state index is 0.00186. The molecule has 0 aromatic carbocycles. The molecule has 0 aromatic rings. The van der Waals surface area contributed by atoms with Crippen molar-refractivity contribution in [2.45, 2.75) is 32.4 Å². The van der Waals surface area contributed by atoms with Crippen molar-refractivity contribution in [1.29, 1.82) is 0 Å². The number of carbonyl (C=O) groups is 2. The van der Waals surface area contributed by atoms with Gasteiger partial charge in [0, 0.05) is 12.6 Å². The smallest absolute Gasteiger partial charge is 0.326 e. The number of aliphatic carboxylic acids is 1. The van der Waals surface area contributed by atoms with Crippen molar-refractivity contribution >= 4 is 23.8 Å². The number of urea groups is 1. The highest BCUT2D eigenvalue weighted by molar-refractivity contribution is 7.98. The average Bonchev–Trinajstić information content (AvgIpc) is 2.30. The molecule has 0 saturated carbocycles. The van der Waals surface area contributed by atoms with Crippen molar-refractivity contribution in [1.82, 2.24) is 10.2 Å². The lowest BCUT2D eigenvalue weighted by molar-refractivity contribution is -0.139. The van der Waals surface area contributed by atoms with Gasteiger partial charge in [-0.1, -0.05) is 6.08 Å². The molecular formula is C12H22N2O3S. The van der Waals surface area contributed by atoms with E-state index in [1.165, 1.54) is 0 Å². The first kappa shape index (κ1) is 16.8. The van der Waals surface area contributed by atoms with E-state index in [0.29, 0.717) is 18.7 Å². The molecule has 0 spiro atoms. The van der Waals surface area contributed by atoms with E-state index in [1.54, 1.807) is 22.7 Å². The summed E-state index contributed by atoms with van der Waals surface area (Å²) in [7, 11) is 0. The van der Waals surface area contributed by atoms with Crippen molar-refractivity contribution in [3.63, 3.8) is 0 Å². The number of thioether (sulfide) groups is 1. The van der Waals surface area contributed by atoms with E-state index in [-0.39, 0.29) is 12.1 Å². The lowest BCUT2D eigenvalue weighted by Crippen LogP contribution is -2.50. The van der Waals surface area contributed by atoms with E-state index in [2.05, 4.69) is 11.9 Å². The number of nitrogens with one attached hydrogen (secondary N) is 1. The Bertz CT molecular complexity index is 295. The van der Waals surface area contributed by atoms with Gasteiger partial charge in [0.15, 0.2) is 0 Å². The third-order valence-electron chi connectivity index (χ3n) is 2.42. The molecule has 6 heteroatoms. The van der Waals surface area contributed by atoms with Gasteiger partial charge in [0.2, 0.25) is 0 Å². The van der Waals surface area contributed by atoms with E-state index in [1.807, 2.05) is 20.1 Å². The summed E-state index contributed by atoms with van der Waals surface area (Å²) in [6.45, 7) is 7.74. The van der Waals surface area contributed by atoms with E-state index in [4.69, 9.17) is 5.11 Å². The van der Waals surface area contributed by atoms with Gasteiger partial charge >= 0.3 is 12.0 Å². The number of nitrogens with zero attached hydrogens (tertiary/aromatic N) is 1. The van der Waals surface area contributed by atoms with E-state index >= 15 is 0 Å². The quantitative estimate of drug-likeness (QED) is 0.662. The summed E-state index contributed by atoms with van der Waals surface area (Å²) in [5.41, 5.74) is 0. The zero-order chi connectivity index (χ0) is 14.1. The van der Waals surface area contributed by atoms with Crippen molar-refractivity contribution < 1.29 is 14.7 Å². The van der Waals surface area contributed by atoms with Crippen LogP contribution in [0.1, 0.15) is 20.3 Å². The lowest BCUT2D eigenvalue weighted by atomic mass is 10.2. The van der Waals surface area contributed by atoms with Crippen LogP contribution in [-0.2, 0) is 4.79 Å². The second kappa shape index (κ2) is 8.85. The topological polar surface area (TPSA) is 69.6 Å². The molecular weight excluding hydrogens is 252 g/mol. The minimum Gasteiger partial charge on any atom is -0.480 e. The third-order valence-corrected chi connectivity index (χ3v) is 3.06. The van der Waals surface area contributed by atoms with Crippen molar-refractivity contribution in [3.8, 4) is 0 Å². The van der Waals surface area contributed by atoms with Gasteiger partial charge < -0.3 is 15.3 Å². The fourth-order valence-corrected chi connectivity index (χ4v) is 1.86. The molecule has 0 fully saturated rings. The van der Waals surface area contributed by atoms with Crippen LogP contribution in [0.4, 0.5) is 4.79 Å². The molecule has 0 aliphatic heterocycles. The SMILES string of the molecule is C=CCN(C(=O)N[C@H](CCSC)C(=O)O)C(C)C. The lowest BCUT2D eigenvalue weighted by Gasteiger charge is -2.27. The van der Waals surface area contributed by atoms with Crippen LogP contribution in [0.5, 0.6) is 0 Å². The van der Waals surface area contributed by atoms with Crippen LogP contribution in [0.2, 0.25) is 0 Å². The monoisotopic (exact) mass is 274 g/mol. The highest BCUT2D eigenvalue weighted by Gasteiger charge is 2.23. The number of carboxylic acid groups (broad SMARTS) is 1. The maximum atomic E-state index is 11.9. The zero-order valence-electron chi connectivity index (χ0n) is 11.2. The Kier molecular flexibility index (Phi) is 8.28. The fourth-order valence-electron chi connectivity index (χ4n) is 1.39. The molecule has 0 bridgehead atoms. The molecule has 5 nitrogen and oxygen atoms in total. The van der Waals surface area contributed by atoms with Crippen LogP contribution in [0, 0.1) is 0 Å². The Morgan fingerprint density at radius 2 is 2.11 bits per heavy atom. The van der Waals surface area contributed by atoms with Crippen LogP contribution in [0.25, 0.3) is 0 Å². The molecule has 2 amide bonds. The number of carboxylic acids is 1. The molecule has 0 heterocycles. The number of carbonyl (C=O) groups excluding carboxylic acids is 1. The number of hydrogen-bond donors (Lipinski definition) is 2. The van der Waals surface area contributed by atoms with Gasteiger partial charge in [-0.15, -0.1) is 6.58 Å². The van der Waals surface area contributed by atoms with E-state index in [9.17, 15) is 9.59 Å². The van der Waals surface area contributed by atoms with Crippen molar-refractivity contribution in [2.24, 2.45) is 0 Å². The Hall–Kier alpha value is -1.17.